The van der Waals surface area contributed by atoms with Crippen molar-refractivity contribution >= 4 is 17.4 Å². The summed E-state index contributed by atoms with van der Waals surface area (Å²) < 4.78 is 14.9. The van der Waals surface area contributed by atoms with Gasteiger partial charge >= 0.3 is 0 Å². The largest absolute Gasteiger partial charge is 0.619 e. The van der Waals surface area contributed by atoms with Crippen LogP contribution in [-0.4, -0.2) is 16.5 Å². The van der Waals surface area contributed by atoms with Crippen LogP contribution >= 0.6 is 11.6 Å². The monoisotopic (exact) mass is 358 g/mol. The van der Waals surface area contributed by atoms with Crippen LogP contribution in [0.4, 0.5) is 10.2 Å². The predicted octanol–water partition coefficient (Wildman–Crippen LogP) is 3.53. The third-order valence-corrected chi connectivity index (χ3v) is 3.82. The fourth-order valence-electron chi connectivity index (χ4n) is 2.43. The van der Waals surface area contributed by atoms with Gasteiger partial charge in [-0.25, -0.2) is 14.4 Å². The Bertz CT molecular complexity index is 904. The summed E-state index contributed by atoms with van der Waals surface area (Å²) >= 11 is 5.79. The summed E-state index contributed by atoms with van der Waals surface area (Å²) in [6.45, 7) is 2.41. The van der Waals surface area contributed by atoms with Crippen LogP contribution in [0.3, 0.4) is 0 Å². The average Bonchev–Trinajstić information content (AvgIpc) is 2.54. The minimum absolute atomic E-state index is 0.298. The molecule has 2 heterocycles. The summed E-state index contributed by atoms with van der Waals surface area (Å²) in [5, 5.41) is 14.8. The van der Waals surface area contributed by atoms with E-state index in [0.717, 1.165) is 16.0 Å². The topological polar surface area (TPSA) is 64.8 Å². The van der Waals surface area contributed by atoms with E-state index in [1.54, 1.807) is 24.3 Å². The second-order valence-corrected chi connectivity index (χ2v) is 6.03. The molecule has 1 aromatic carbocycles. The lowest BCUT2D eigenvalue weighted by Crippen LogP contribution is -2.25. The van der Waals surface area contributed by atoms with E-state index in [1.165, 1.54) is 18.5 Å². The highest BCUT2D eigenvalue weighted by atomic mass is 35.5. The number of rotatable bonds is 5. The Balaban J connectivity index is 1.75. The second-order valence-electron chi connectivity index (χ2n) is 5.59. The van der Waals surface area contributed by atoms with Crippen molar-refractivity contribution in [1.29, 1.82) is 0 Å². The molecule has 0 spiro atoms. The first kappa shape index (κ1) is 17.1. The number of pyridine rings is 1. The fourth-order valence-corrected chi connectivity index (χ4v) is 2.59. The number of nitrogens with zero attached hydrogens (tertiary/aromatic N) is 3. The summed E-state index contributed by atoms with van der Waals surface area (Å²) in [6, 6.07) is 9.79. The molecule has 0 unspecified atom stereocenters. The molecule has 0 amide bonds. The summed E-state index contributed by atoms with van der Waals surface area (Å²) in [6.07, 6.45) is 3.63. The maximum Gasteiger partial charge on any atom is 0.183 e. The molecular weight excluding hydrogens is 343 g/mol. The molecule has 25 heavy (non-hydrogen) atoms. The Morgan fingerprint density at radius 2 is 2.08 bits per heavy atom. The Kier molecular flexibility index (Phi) is 5.09. The molecule has 0 radical (unpaired) electrons. The molecule has 0 aliphatic heterocycles. The standard InChI is InChI=1S/C18H16ClFN4O/c1-12-9-17(21-7-6-13-3-2-8-24(25)11-13)23-18(22-12)15-5-4-14(19)10-16(15)20/h2-5,8-11H,6-7H2,1H3,(H,21,22,23). The van der Waals surface area contributed by atoms with E-state index >= 15 is 0 Å². The van der Waals surface area contributed by atoms with Crippen molar-refractivity contribution in [3.63, 3.8) is 0 Å². The molecule has 0 bridgehead atoms. The molecule has 0 saturated carbocycles. The van der Waals surface area contributed by atoms with Gasteiger partial charge in [-0.15, -0.1) is 0 Å². The lowest BCUT2D eigenvalue weighted by molar-refractivity contribution is -0.605. The van der Waals surface area contributed by atoms with E-state index in [1.807, 2.05) is 13.0 Å². The third kappa shape index (κ3) is 4.42. The number of hydrogen-bond donors (Lipinski definition) is 1. The Labute approximate surface area is 149 Å². The SMILES string of the molecule is Cc1cc(NCCc2ccc[n+]([O-])c2)nc(-c2ccc(Cl)cc2F)n1. The van der Waals surface area contributed by atoms with Crippen molar-refractivity contribution in [1.82, 2.24) is 9.97 Å². The lowest BCUT2D eigenvalue weighted by atomic mass is 10.2. The number of aryl methyl sites for hydroxylation is 1. The molecule has 7 heteroatoms. The molecule has 0 saturated heterocycles. The number of aromatic nitrogens is 3. The molecule has 1 N–H and O–H groups in total. The minimum Gasteiger partial charge on any atom is -0.619 e. The van der Waals surface area contributed by atoms with Crippen LogP contribution in [0.25, 0.3) is 11.4 Å². The maximum absolute atomic E-state index is 14.1. The van der Waals surface area contributed by atoms with Gasteiger partial charge in [0.1, 0.15) is 11.6 Å². The van der Waals surface area contributed by atoms with Crippen LogP contribution in [0.2, 0.25) is 5.02 Å². The van der Waals surface area contributed by atoms with Crippen LogP contribution in [0.15, 0.2) is 48.8 Å². The molecule has 5 nitrogen and oxygen atoms in total. The Hall–Kier alpha value is -2.73. The van der Waals surface area contributed by atoms with Crippen LogP contribution in [0, 0.1) is 17.9 Å². The van der Waals surface area contributed by atoms with Gasteiger partial charge in [0.05, 0.1) is 5.56 Å². The summed E-state index contributed by atoms with van der Waals surface area (Å²) in [4.78, 5) is 8.66. The highest BCUT2D eigenvalue weighted by Crippen LogP contribution is 2.24. The molecule has 2 aromatic heterocycles. The first-order valence-electron chi connectivity index (χ1n) is 7.74. The van der Waals surface area contributed by atoms with Gasteiger partial charge in [-0.1, -0.05) is 11.6 Å². The number of benzene rings is 1. The van der Waals surface area contributed by atoms with Gasteiger partial charge in [0, 0.05) is 35.0 Å². The molecule has 0 aliphatic rings. The van der Waals surface area contributed by atoms with E-state index in [2.05, 4.69) is 15.3 Å². The maximum atomic E-state index is 14.1. The van der Waals surface area contributed by atoms with E-state index < -0.39 is 5.82 Å². The Morgan fingerprint density at radius 1 is 1.24 bits per heavy atom. The zero-order valence-electron chi connectivity index (χ0n) is 13.5. The predicted molar refractivity (Wildman–Crippen MR) is 94.8 cm³/mol. The van der Waals surface area contributed by atoms with Gasteiger partial charge in [0.15, 0.2) is 18.2 Å². The summed E-state index contributed by atoms with van der Waals surface area (Å²) in [5.74, 6) is 0.435. The zero-order valence-corrected chi connectivity index (χ0v) is 14.3. The number of hydrogen-bond acceptors (Lipinski definition) is 4. The third-order valence-electron chi connectivity index (χ3n) is 3.58. The number of nitrogens with one attached hydrogen (secondary N) is 1. The van der Waals surface area contributed by atoms with Crippen LogP contribution in [0.5, 0.6) is 0 Å². The first-order chi connectivity index (χ1) is 12.0. The first-order valence-corrected chi connectivity index (χ1v) is 8.12. The summed E-state index contributed by atoms with van der Waals surface area (Å²) in [7, 11) is 0. The average molecular weight is 359 g/mol. The molecule has 0 atom stereocenters. The van der Waals surface area contributed by atoms with Crippen LogP contribution < -0.4 is 10.0 Å². The summed E-state index contributed by atoms with van der Waals surface area (Å²) in [5.41, 5.74) is 1.94. The van der Waals surface area contributed by atoms with Crippen molar-refractivity contribution < 1.29 is 9.12 Å². The van der Waals surface area contributed by atoms with Gasteiger partial charge in [-0.2, -0.15) is 4.73 Å². The zero-order chi connectivity index (χ0) is 17.8. The van der Waals surface area contributed by atoms with E-state index in [-0.39, 0.29) is 0 Å². The van der Waals surface area contributed by atoms with E-state index in [9.17, 15) is 9.60 Å². The Morgan fingerprint density at radius 3 is 2.84 bits per heavy atom. The molecule has 128 valence electrons. The van der Waals surface area contributed by atoms with Crippen molar-refractivity contribution in [2.45, 2.75) is 13.3 Å². The fraction of sp³-hybridized carbons (Fsp3) is 0.167. The second kappa shape index (κ2) is 7.44. The van der Waals surface area contributed by atoms with Crippen molar-refractivity contribution in [3.8, 4) is 11.4 Å². The quantitative estimate of drug-likeness (QED) is 0.559. The molecule has 3 aromatic rings. The molecular formula is C18H16ClFN4O. The van der Waals surface area contributed by atoms with E-state index in [0.29, 0.717) is 35.2 Å². The molecule has 0 aliphatic carbocycles. The molecule has 3 rings (SSSR count). The normalized spacial score (nSPS) is 10.7. The van der Waals surface area contributed by atoms with Gasteiger partial charge in [-0.05, 0) is 37.6 Å². The molecule has 0 fully saturated rings. The highest BCUT2D eigenvalue weighted by Gasteiger charge is 2.10. The van der Waals surface area contributed by atoms with Crippen molar-refractivity contribution in [2.24, 2.45) is 0 Å². The number of halogens is 2. The van der Waals surface area contributed by atoms with Crippen molar-refractivity contribution in [3.05, 3.63) is 76.1 Å². The van der Waals surface area contributed by atoms with Crippen LogP contribution in [0.1, 0.15) is 11.3 Å². The smallest absolute Gasteiger partial charge is 0.183 e. The van der Waals surface area contributed by atoms with Crippen molar-refractivity contribution in [2.75, 3.05) is 11.9 Å². The highest BCUT2D eigenvalue weighted by molar-refractivity contribution is 6.30. The minimum atomic E-state index is -0.465. The van der Waals surface area contributed by atoms with E-state index in [4.69, 9.17) is 11.6 Å². The van der Waals surface area contributed by atoms with Gasteiger partial charge in [0.2, 0.25) is 0 Å². The lowest BCUT2D eigenvalue weighted by Gasteiger charge is -2.09. The van der Waals surface area contributed by atoms with Gasteiger partial charge in [0.25, 0.3) is 0 Å². The number of anilines is 1. The van der Waals surface area contributed by atoms with Gasteiger partial charge < -0.3 is 10.5 Å². The van der Waals surface area contributed by atoms with Crippen LogP contribution in [-0.2, 0) is 6.42 Å². The van der Waals surface area contributed by atoms with Gasteiger partial charge in [-0.3, -0.25) is 0 Å².